The Balaban J connectivity index is 1.85. The van der Waals surface area contributed by atoms with Gasteiger partial charge in [0.15, 0.2) is 14.6 Å². The van der Waals surface area contributed by atoms with Crippen molar-refractivity contribution in [3.8, 4) is 0 Å². The molecule has 1 aromatic rings. The van der Waals surface area contributed by atoms with Gasteiger partial charge in [-0.05, 0) is 57.4 Å². The van der Waals surface area contributed by atoms with Crippen LogP contribution in [0.25, 0.3) is 0 Å². The van der Waals surface area contributed by atoms with E-state index in [1.54, 1.807) is 13.8 Å². The number of urea groups is 1. The number of hydrogen-bond acceptors (Lipinski definition) is 7. The van der Waals surface area contributed by atoms with Crippen LogP contribution in [0, 0.1) is 0 Å². The van der Waals surface area contributed by atoms with Crippen molar-refractivity contribution in [3.63, 3.8) is 0 Å². The number of benzene rings is 1. The van der Waals surface area contributed by atoms with Gasteiger partial charge in [0.1, 0.15) is 6.61 Å². The lowest BCUT2D eigenvalue weighted by molar-refractivity contribution is -0.148. The molecule has 9 nitrogen and oxygen atoms in total. The summed E-state index contributed by atoms with van der Waals surface area (Å²) in [6.45, 7) is 2.88. The van der Waals surface area contributed by atoms with Crippen LogP contribution in [0.3, 0.4) is 0 Å². The standard InChI is InChI=1S/C20H23ClN2O7S/c1-3-29-17(24)16-12(2)22-19(26)23-15(16)11-30-18(25)20(9-4-10-20)31(27,28)14-7-5-13(21)6-8-14/h5-8,12H,3-4,9-11H2,1-2H3,(H2,22,23,26)/t12-/m0/s1. The lowest BCUT2D eigenvalue weighted by atomic mass is 9.84. The largest absolute Gasteiger partial charge is 0.463 e. The van der Waals surface area contributed by atoms with E-state index in [0.29, 0.717) is 11.4 Å². The number of hydrogen-bond donors (Lipinski definition) is 2. The molecule has 31 heavy (non-hydrogen) atoms. The molecule has 168 valence electrons. The summed E-state index contributed by atoms with van der Waals surface area (Å²) in [5, 5.41) is 5.35. The number of amides is 2. The van der Waals surface area contributed by atoms with Gasteiger partial charge in [-0.3, -0.25) is 4.79 Å². The molecule has 0 spiro atoms. The van der Waals surface area contributed by atoms with E-state index >= 15 is 0 Å². The van der Waals surface area contributed by atoms with Gasteiger partial charge in [-0.25, -0.2) is 18.0 Å². The second-order valence-electron chi connectivity index (χ2n) is 7.31. The molecule has 1 atom stereocenters. The predicted octanol–water partition coefficient (Wildman–Crippen LogP) is 2.10. The minimum Gasteiger partial charge on any atom is -0.463 e. The van der Waals surface area contributed by atoms with Crippen molar-refractivity contribution in [3.05, 3.63) is 40.6 Å². The molecule has 0 unspecified atom stereocenters. The highest BCUT2D eigenvalue weighted by molar-refractivity contribution is 7.93. The SMILES string of the molecule is CCOC(=O)C1=C(COC(=O)C2(S(=O)(=O)c3ccc(Cl)cc3)CCC2)NC(=O)N[C@H]1C. The number of ether oxygens (including phenoxy) is 2. The Labute approximate surface area is 185 Å². The van der Waals surface area contributed by atoms with Crippen LogP contribution < -0.4 is 10.6 Å². The molecule has 11 heteroatoms. The molecule has 0 aromatic heterocycles. The predicted molar refractivity (Wildman–Crippen MR) is 111 cm³/mol. The van der Waals surface area contributed by atoms with Crippen LogP contribution in [0.5, 0.6) is 0 Å². The number of esters is 2. The Hall–Kier alpha value is -2.59. The van der Waals surface area contributed by atoms with Gasteiger partial charge in [0.25, 0.3) is 0 Å². The maximum absolute atomic E-state index is 13.2. The summed E-state index contributed by atoms with van der Waals surface area (Å²) in [4.78, 5) is 37.0. The van der Waals surface area contributed by atoms with E-state index < -0.39 is 45.2 Å². The van der Waals surface area contributed by atoms with E-state index in [1.807, 2.05) is 0 Å². The molecule has 2 N–H and O–H groups in total. The highest BCUT2D eigenvalue weighted by atomic mass is 35.5. The van der Waals surface area contributed by atoms with E-state index in [9.17, 15) is 22.8 Å². The van der Waals surface area contributed by atoms with Crippen LogP contribution in [0.1, 0.15) is 33.1 Å². The highest BCUT2D eigenvalue weighted by Gasteiger charge is 2.57. The number of carbonyl (C=O) groups excluding carboxylic acids is 3. The first kappa shape index (κ1) is 23.1. The van der Waals surface area contributed by atoms with Crippen molar-refractivity contribution < 1.29 is 32.3 Å². The molecule has 1 heterocycles. The minimum absolute atomic E-state index is 0.0243. The molecule has 1 saturated carbocycles. The number of nitrogens with one attached hydrogen (secondary N) is 2. The Morgan fingerprint density at radius 1 is 1.19 bits per heavy atom. The highest BCUT2D eigenvalue weighted by Crippen LogP contribution is 2.44. The van der Waals surface area contributed by atoms with Gasteiger partial charge in [0.05, 0.1) is 28.8 Å². The van der Waals surface area contributed by atoms with Crippen molar-refractivity contribution in [1.82, 2.24) is 10.6 Å². The molecule has 2 amide bonds. The van der Waals surface area contributed by atoms with Crippen LogP contribution in [0.2, 0.25) is 5.02 Å². The van der Waals surface area contributed by atoms with E-state index in [2.05, 4.69) is 10.6 Å². The third-order valence-electron chi connectivity index (χ3n) is 5.38. The Morgan fingerprint density at radius 3 is 2.39 bits per heavy atom. The zero-order chi connectivity index (χ0) is 22.8. The van der Waals surface area contributed by atoms with Crippen molar-refractivity contribution in [2.75, 3.05) is 13.2 Å². The number of halogens is 1. The van der Waals surface area contributed by atoms with Gasteiger partial charge in [0, 0.05) is 5.02 Å². The third kappa shape index (κ3) is 4.27. The topological polar surface area (TPSA) is 128 Å². The molecule has 2 aliphatic rings. The van der Waals surface area contributed by atoms with Gasteiger partial charge in [0.2, 0.25) is 0 Å². The molecule has 0 saturated heterocycles. The summed E-state index contributed by atoms with van der Waals surface area (Å²) in [6, 6.07) is 4.33. The molecule has 1 aliphatic carbocycles. The van der Waals surface area contributed by atoms with Gasteiger partial charge in [-0.2, -0.15) is 0 Å². The van der Waals surface area contributed by atoms with Crippen LogP contribution >= 0.6 is 11.6 Å². The van der Waals surface area contributed by atoms with Gasteiger partial charge in [-0.15, -0.1) is 0 Å². The first-order valence-corrected chi connectivity index (χ1v) is 11.6. The molecule has 1 aromatic carbocycles. The normalized spacial score (nSPS) is 20.2. The summed E-state index contributed by atoms with van der Waals surface area (Å²) in [5.41, 5.74) is 0.166. The molecule has 1 fully saturated rings. The summed E-state index contributed by atoms with van der Waals surface area (Å²) < 4.78 is 35.0. The first-order chi connectivity index (χ1) is 14.6. The zero-order valence-corrected chi connectivity index (χ0v) is 18.6. The smallest absolute Gasteiger partial charge is 0.338 e. The summed E-state index contributed by atoms with van der Waals surface area (Å²) in [6.07, 6.45) is 0.784. The first-order valence-electron chi connectivity index (χ1n) is 9.77. The average Bonchev–Trinajstić information content (AvgIpc) is 2.65. The molecular formula is C20H23ClN2O7S. The maximum atomic E-state index is 13.2. The number of sulfone groups is 1. The maximum Gasteiger partial charge on any atom is 0.338 e. The van der Waals surface area contributed by atoms with Crippen LogP contribution in [0.15, 0.2) is 40.4 Å². The Bertz CT molecular complexity index is 1030. The van der Waals surface area contributed by atoms with E-state index in [-0.39, 0.29) is 35.6 Å². The molecule has 0 radical (unpaired) electrons. The summed E-state index contributed by atoms with van der Waals surface area (Å²) >= 11 is 5.84. The fourth-order valence-corrected chi connectivity index (χ4v) is 5.76. The summed E-state index contributed by atoms with van der Waals surface area (Å²) in [7, 11) is -4.03. The van der Waals surface area contributed by atoms with Crippen LogP contribution in [0.4, 0.5) is 4.79 Å². The number of rotatable bonds is 7. The fraction of sp³-hybridized carbons (Fsp3) is 0.450. The molecular weight excluding hydrogens is 448 g/mol. The van der Waals surface area contributed by atoms with Crippen molar-refractivity contribution in [2.24, 2.45) is 0 Å². The van der Waals surface area contributed by atoms with Crippen molar-refractivity contribution >= 4 is 39.4 Å². The van der Waals surface area contributed by atoms with E-state index in [0.717, 1.165) is 0 Å². The minimum atomic E-state index is -4.03. The second-order valence-corrected chi connectivity index (χ2v) is 10.0. The summed E-state index contributed by atoms with van der Waals surface area (Å²) in [5.74, 6) is -1.59. The lowest BCUT2D eigenvalue weighted by Gasteiger charge is -2.38. The molecule has 1 aliphatic heterocycles. The molecule has 3 rings (SSSR count). The third-order valence-corrected chi connectivity index (χ3v) is 8.13. The van der Waals surface area contributed by atoms with Gasteiger partial charge >= 0.3 is 18.0 Å². The quantitative estimate of drug-likeness (QED) is 0.584. The molecule has 0 bridgehead atoms. The second kappa shape index (κ2) is 8.88. The van der Waals surface area contributed by atoms with Crippen LogP contribution in [-0.4, -0.2) is 50.4 Å². The zero-order valence-electron chi connectivity index (χ0n) is 17.1. The average molecular weight is 471 g/mol. The Morgan fingerprint density at radius 2 is 1.84 bits per heavy atom. The van der Waals surface area contributed by atoms with Crippen LogP contribution in [-0.2, 0) is 28.9 Å². The fourth-order valence-electron chi connectivity index (χ4n) is 3.58. The van der Waals surface area contributed by atoms with E-state index in [4.69, 9.17) is 21.1 Å². The van der Waals surface area contributed by atoms with Gasteiger partial charge < -0.3 is 20.1 Å². The number of carbonyl (C=O) groups is 3. The Kier molecular flexibility index (Phi) is 6.61. The van der Waals surface area contributed by atoms with Crippen molar-refractivity contribution in [2.45, 2.75) is 48.8 Å². The van der Waals surface area contributed by atoms with E-state index in [1.165, 1.54) is 24.3 Å². The van der Waals surface area contributed by atoms with Gasteiger partial charge in [-0.1, -0.05) is 11.6 Å². The van der Waals surface area contributed by atoms with Crippen molar-refractivity contribution in [1.29, 1.82) is 0 Å². The lowest BCUT2D eigenvalue weighted by Crippen LogP contribution is -2.54. The monoisotopic (exact) mass is 470 g/mol.